The topological polar surface area (TPSA) is 68.5 Å². The number of hydrogen-bond acceptors (Lipinski definition) is 5. The van der Waals surface area contributed by atoms with Crippen LogP contribution in [0, 0.1) is 0 Å². The molecule has 152 valence electrons. The summed E-state index contributed by atoms with van der Waals surface area (Å²) in [4.78, 5) is 19.3. The van der Waals surface area contributed by atoms with Gasteiger partial charge in [-0.15, -0.1) is 0 Å². The van der Waals surface area contributed by atoms with Crippen LogP contribution in [-0.4, -0.2) is 32.6 Å². The summed E-state index contributed by atoms with van der Waals surface area (Å²) in [5.74, 6) is 1.21. The molecule has 0 aliphatic carbocycles. The van der Waals surface area contributed by atoms with Gasteiger partial charge in [-0.05, 0) is 45.9 Å². The average molecular weight is 414 g/mol. The Morgan fingerprint density at radius 1 is 1.17 bits per heavy atom. The van der Waals surface area contributed by atoms with Gasteiger partial charge in [-0.2, -0.15) is 4.98 Å². The van der Waals surface area contributed by atoms with Gasteiger partial charge >= 0.3 is 0 Å². The van der Waals surface area contributed by atoms with E-state index in [1.165, 1.54) is 0 Å². The van der Waals surface area contributed by atoms with Gasteiger partial charge in [0, 0.05) is 16.1 Å². The van der Waals surface area contributed by atoms with Crippen LogP contribution in [0.5, 0.6) is 5.75 Å². The van der Waals surface area contributed by atoms with Crippen LogP contribution >= 0.6 is 11.6 Å². The molecule has 1 heterocycles. The highest BCUT2D eigenvalue weighted by molar-refractivity contribution is 6.30. The molecule has 0 aliphatic heterocycles. The number of hydrogen-bond donors (Lipinski definition) is 0. The number of carbonyl (C=O) groups excluding carboxylic acids is 1. The summed E-state index contributed by atoms with van der Waals surface area (Å²) in [6.45, 7) is 7.75. The molecule has 2 aromatic carbocycles. The van der Waals surface area contributed by atoms with E-state index in [0.717, 1.165) is 5.56 Å². The molecule has 0 fully saturated rings. The molecular formula is C22H24ClN3O3. The number of halogens is 1. The molecule has 0 aliphatic rings. The van der Waals surface area contributed by atoms with Gasteiger partial charge in [-0.25, -0.2) is 0 Å². The lowest BCUT2D eigenvalue weighted by Gasteiger charge is -2.36. The summed E-state index contributed by atoms with van der Waals surface area (Å²) >= 11 is 6.00. The molecule has 1 aromatic heterocycles. The van der Waals surface area contributed by atoms with Gasteiger partial charge in [0.2, 0.25) is 11.7 Å². The first kappa shape index (κ1) is 20.9. The molecule has 0 saturated heterocycles. The Kier molecular flexibility index (Phi) is 6.23. The van der Waals surface area contributed by atoms with Crippen molar-refractivity contribution in [3.05, 3.63) is 65.5 Å². The van der Waals surface area contributed by atoms with E-state index < -0.39 is 11.6 Å². The normalized spacial score (nSPS) is 12.4. The van der Waals surface area contributed by atoms with Crippen LogP contribution in [0.4, 0.5) is 0 Å². The fourth-order valence-electron chi connectivity index (χ4n) is 2.82. The zero-order chi connectivity index (χ0) is 21.0. The molecule has 0 spiro atoms. The van der Waals surface area contributed by atoms with Crippen molar-refractivity contribution in [2.24, 2.45) is 0 Å². The van der Waals surface area contributed by atoms with Crippen molar-refractivity contribution < 1.29 is 14.1 Å². The molecule has 1 amide bonds. The Bertz CT molecular complexity index is 967. The molecule has 29 heavy (non-hydrogen) atoms. The van der Waals surface area contributed by atoms with Crippen LogP contribution in [0.1, 0.15) is 33.6 Å². The van der Waals surface area contributed by atoms with E-state index in [1.54, 1.807) is 36.1 Å². The summed E-state index contributed by atoms with van der Waals surface area (Å²) < 4.78 is 11.2. The van der Waals surface area contributed by atoms with Gasteiger partial charge in [0.1, 0.15) is 12.3 Å². The average Bonchev–Trinajstić information content (AvgIpc) is 3.14. The van der Waals surface area contributed by atoms with Gasteiger partial charge in [-0.3, -0.25) is 4.79 Å². The van der Waals surface area contributed by atoms with Crippen LogP contribution in [0.15, 0.2) is 59.1 Å². The maximum atomic E-state index is 13.1. The summed E-state index contributed by atoms with van der Waals surface area (Å²) in [5.41, 5.74) is 0.388. The number of rotatable bonds is 6. The molecule has 6 nitrogen and oxygen atoms in total. The SMILES string of the molecule is C[C@H](Oc1cccc(Cl)c1)C(=O)N(Cc1nc(-c2ccccc2)no1)C(C)(C)C. The van der Waals surface area contributed by atoms with Crippen molar-refractivity contribution in [2.45, 2.75) is 45.9 Å². The standard InChI is InChI=1S/C22H24ClN3O3/c1-15(28-18-12-8-11-17(23)13-18)21(27)26(22(2,3)4)14-19-24-20(25-29-19)16-9-6-5-7-10-16/h5-13,15H,14H2,1-4H3/t15-/m0/s1. The maximum absolute atomic E-state index is 13.1. The van der Waals surface area contributed by atoms with Crippen LogP contribution in [0.25, 0.3) is 11.4 Å². The van der Waals surface area contributed by atoms with E-state index in [9.17, 15) is 4.79 Å². The minimum Gasteiger partial charge on any atom is -0.481 e. The lowest BCUT2D eigenvalue weighted by Crippen LogP contribution is -2.50. The fourth-order valence-corrected chi connectivity index (χ4v) is 3.00. The summed E-state index contributed by atoms with van der Waals surface area (Å²) in [7, 11) is 0. The zero-order valence-electron chi connectivity index (χ0n) is 16.9. The Hall–Kier alpha value is -2.86. The van der Waals surface area contributed by atoms with Crippen molar-refractivity contribution in [3.63, 3.8) is 0 Å². The highest BCUT2D eigenvalue weighted by Crippen LogP contribution is 2.23. The predicted molar refractivity (Wildman–Crippen MR) is 112 cm³/mol. The molecule has 3 rings (SSSR count). The molecule has 0 radical (unpaired) electrons. The van der Waals surface area contributed by atoms with Crippen molar-refractivity contribution >= 4 is 17.5 Å². The minimum absolute atomic E-state index is 0.183. The second-order valence-electron chi connectivity index (χ2n) is 7.69. The maximum Gasteiger partial charge on any atom is 0.264 e. The largest absolute Gasteiger partial charge is 0.481 e. The van der Waals surface area contributed by atoms with Gasteiger partial charge in [0.25, 0.3) is 5.91 Å². The van der Waals surface area contributed by atoms with E-state index >= 15 is 0 Å². The Labute approximate surface area is 175 Å². The van der Waals surface area contributed by atoms with Gasteiger partial charge in [-0.1, -0.05) is 53.2 Å². The monoisotopic (exact) mass is 413 g/mol. The quantitative estimate of drug-likeness (QED) is 0.569. The predicted octanol–water partition coefficient (Wildman–Crippen LogP) is 4.98. The molecule has 1 atom stereocenters. The first-order valence-corrected chi connectivity index (χ1v) is 9.73. The van der Waals surface area contributed by atoms with Crippen molar-refractivity contribution in [1.29, 1.82) is 0 Å². The van der Waals surface area contributed by atoms with Crippen LogP contribution in [-0.2, 0) is 11.3 Å². The Morgan fingerprint density at radius 2 is 1.90 bits per heavy atom. The van der Waals surface area contributed by atoms with E-state index in [2.05, 4.69) is 10.1 Å². The lowest BCUT2D eigenvalue weighted by atomic mass is 10.0. The highest BCUT2D eigenvalue weighted by Gasteiger charge is 2.32. The third kappa shape index (κ3) is 5.35. The summed E-state index contributed by atoms with van der Waals surface area (Å²) in [6, 6.07) is 16.5. The number of ether oxygens (including phenoxy) is 1. The fraction of sp³-hybridized carbons (Fsp3) is 0.318. The van der Waals surface area contributed by atoms with E-state index in [0.29, 0.717) is 22.5 Å². The lowest BCUT2D eigenvalue weighted by molar-refractivity contribution is -0.144. The van der Waals surface area contributed by atoms with E-state index in [4.69, 9.17) is 20.9 Å². The molecule has 7 heteroatoms. The van der Waals surface area contributed by atoms with Crippen molar-refractivity contribution in [2.75, 3.05) is 0 Å². The van der Waals surface area contributed by atoms with Crippen LogP contribution < -0.4 is 4.74 Å². The first-order valence-electron chi connectivity index (χ1n) is 9.36. The van der Waals surface area contributed by atoms with E-state index in [-0.39, 0.29) is 12.5 Å². The highest BCUT2D eigenvalue weighted by atomic mass is 35.5. The molecule has 0 unspecified atom stereocenters. The third-order valence-corrected chi connectivity index (χ3v) is 4.56. The number of nitrogens with zero attached hydrogens (tertiary/aromatic N) is 3. The smallest absolute Gasteiger partial charge is 0.264 e. The van der Waals surface area contributed by atoms with Crippen molar-refractivity contribution in [3.8, 4) is 17.1 Å². The first-order chi connectivity index (χ1) is 13.7. The van der Waals surface area contributed by atoms with Gasteiger partial charge in [0.15, 0.2) is 6.10 Å². The molecule has 0 N–H and O–H groups in total. The second kappa shape index (κ2) is 8.66. The van der Waals surface area contributed by atoms with Crippen molar-refractivity contribution in [1.82, 2.24) is 15.0 Å². The number of aromatic nitrogens is 2. The number of carbonyl (C=O) groups is 1. The third-order valence-electron chi connectivity index (χ3n) is 4.33. The van der Waals surface area contributed by atoms with Crippen LogP contribution in [0.2, 0.25) is 5.02 Å². The van der Waals surface area contributed by atoms with E-state index in [1.807, 2.05) is 51.1 Å². The Morgan fingerprint density at radius 3 is 2.55 bits per heavy atom. The zero-order valence-corrected chi connectivity index (χ0v) is 17.7. The molecular weight excluding hydrogens is 390 g/mol. The summed E-state index contributed by atoms with van der Waals surface area (Å²) in [6.07, 6.45) is -0.704. The summed E-state index contributed by atoms with van der Waals surface area (Å²) in [5, 5.41) is 4.58. The molecule has 0 saturated carbocycles. The van der Waals surface area contributed by atoms with Crippen LogP contribution in [0.3, 0.4) is 0 Å². The second-order valence-corrected chi connectivity index (χ2v) is 8.13. The van der Waals surface area contributed by atoms with Gasteiger partial charge < -0.3 is 14.2 Å². The number of benzene rings is 2. The minimum atomic E-state index is -0.704. The molecule has 3 aromatic rings. The van der Waals surface area contributed by atoms with Gasteiger partial charge in [0.05, 0.1) is 0 Å². The Balaban J connectivity index is 1.76. The molecule has 0 bridgehead atoms. The number of amides is 1.